The van der Waals surface area contributed by atoms with Gasteiger partial charge < -0.3 is 102 Å². The number of hydrogen-bond acceptors (Lipinski definition) is 19. The summed E-state index contributed by atoms with van der Waals surface area (Å²) in [5.41, 5.74) is 23.1. The fraction of sp³-hybridized carbons (Fsp3) is 0.716. The van der Waals surface area contributed by atoms with Gasteiger partial charge in [0.05, 0.1) is 26.1 Å². The Labute approximate surface area is 635 Å². The molecule has 0 aliphatic rings. The Kier molecular flexibility index (Phi) is 50.7. The van der Waals surface area contributed by atoms with Crippen LogP contribution in [0.5, 0.6) is 0 Å². The zero-order valence-electron chi connectivity index (χ0n) is 64.5. The molecule has 108 heavy (non-hydrogen) atoms. The van der Waals surface area contributed by atoms with Crippen molar-refractivity contribution < 1.29 is 87.2 Å². The number of carbonyl (C=O) groups excluding carboxylic acids is 13. The van der Waals surface area contributed by atoms with Crippen LogP contribution in [0.15, 0.2) is 30.3 Å². The molecule has 34 nitrogen and oxygen atoms in total. The van der Waals surface area contributed by atoms with Crippen LogP contribution < -0.4 is 86.7 Å². The quantitative estimate of drug-likeness (QED) is 0.0381. The zero-order valence-corrected chi connectivity index (χ0v) is 64.5. The highest BCUT2D eigenvalue weighted by Gasteiger charge is 2.37. The number of aliphatic carboxylic acids is 2. The maximum absolute atomic E-state index is 14.6. The predicted molar refractivity (Wildman–Crippen MR) is 404 cm³/mol. The summed E-state index contributed by atoms with van der Waals surface area (Å²) in [7, 11) is 0. The number of aliphatic hydroxyl groups excluding tert-OH is 1. The highest BCUT2D eigenvalue weighted by Crippen LogP contribution is 2.16. The second kappa shape index (κ2) is 56.4. The van der Waals surface area contributed by atoms with Gasteiger partial charge >= 0.3 is 11.9 Å². The van der Waals surface area contributed by atoms with Crippen LogP contribution in [0.4, 0.5) is 0 Å². The minimum atomic E-state index is -1.76. The topological polar surface area (TPSA) is 565 Å². The Balaban J connectivity index is 3.37. The molecule has 1 aromatic carbocycles. The maximum Gasteiger partial charge on any atom is 0.326 e. The molecule has 0 aliphatic heterocycles. The van der Waals surface area contributed by atoms with Gasteiger partial charge in [0.25, 0.3) is 0 Å². The Morgan fingerprint density at radius 3 is 1.29 bits per heavy atom. The monoisotopic (exact) mass is 1530 g/mol. The molecule has 0 bridgehead atoms. The molecule has 612 valence electrons. The Hall–Kier alpha value is -8.89. The second-order valence-electron chi connectivity index (χ2n) is 28.3. The number of nitrogens with one attached hydrogen (secondary N) is 12. The number of carboxylic acids is 2. The van der Waals surface area contributed by atoms with E-state index in [4.69, 9.17) is 28.0 Å². The van der Waals surface area contributed by atoms with E-state index in [1.165, 1.54) is 44.9 Å². The summed E-state index contributed by atoms with van der Waals surface area (Å²) in [5.74, 6) is -15.6. The fourth-order valence-electron chi connectivity index (χ4n) is 11.5. The molecule has 0 aromatic heterocycles. The van der Waals surface area contributed by atoms with E-state index in [1.54, 1.807) is 71.9 Å². The van der Waals surface area contributed by atoms with Gasteiger partial charge in [0.2, 0.25) is 76.8 Å². The molecule has 34 heteroatoms. The first kappa shape index (κ1) is 97.1. The molecule has 23 N–H and O–H groups in total. The van der Waals surface area contributed by atoms with Crippen molar-refractivity contribution in [3.63, 3.8) is 0 Å². The van der Waals surface area contributed by atoms with E-state index >= 15 is 0 Å². The van der Waals surface area contributed by atoms with E-state index in [-0.39, 0.29) is 89.2 Å². The largest absolute Gasteiger partial charge is 0.481 e. The minimum Gasteiger partial charge on any atom is -0.481 e. The average molecular weight is 1530 g/mol. The highest BCUT2D eigenvalue weighted by molar-refractivity contribution is 6.00. The van der Waals surface area contributed by atoms with E-state index in [0.717, 1.165) is 19.3 Å². The molecule has 0 fully saturated rings. The van der Waals surface area contributed by atoms with Gasteiger partial charge in [-0.25, -0.2) is 4.79 Å². The average Bonchev–Trinajstić information content (AvgIpc) is 0.854. The van der Waals surface area contributed by atoms with E-state index in [2.05, 4.69) is 70.7 Å². The number of aliphatic hydroxyl groups is 1. The third-order valence-corrected chi connectivity index (χ3v) is 18.1. The molecule has 0 aliphatic carbocycles. The standard InChI is InChI=1S/C74H128N16O18/c1-8-10-11-12-13-14-15-16-17-18-22-34-59(93)79-43-60(94)81-50(31-23-26-37-75)67(100)89-63(47(5)6)72(105)86-54(40-46(3)4)69(102)88-57(45-91)71(104)84-52(33-25-28-39-77)68(101)90-64(48(7)9-2)73(106)87-55(41-49-29-20-19-21-30-49)65(98)80-44-61(95)82-56(42-58(78)92)70(103)83-51(32-24-27-38-76)66(99)85-53(74(107)108)35-36-62(96)97/h19-21,29-30,46-48,50-57,63-64,91H,8-18,22-28,31-45,75-77H2,1-7H3,(H2,78,92)(H,79,93)(H,80,98)(H,81,94)(H,82,95)(H,83,103)(H,84,104)(H,85,99)(H,86,105)(H,87,106)(H,88,102)(H,89,100)(H,90,101)(H,96,97)(H,107,108)/t48-,50-,51-,52-,53-,54-,55-,56-,57-,63-,64-/m0/s1. The number of primary amides is 1. The molecule has 1 rings (SSSR count). The number of carboxylic acid groups (broad SMARTS) is 2. The molecule has 0 heterocycles. The summed E-state index contributed by atoms with van der Waals surface area (Å²) in [6.07, 6.45) is 13.0. The third-order valence-electron chi connectivity index (χ3n) is 18.1. The van der Waals surface area contributed by atoms with Gasteiger partial charge in [-0.05, 0) is 120 Å². The van der Waals surface area contributed by atoms with E-state index < -0.39 is 187 Å². The summed E-state index contributed by atoms with van der Waals surface area (Å²) in [6.45, 7) is 10.9. The first-order chi connectivity index (χ1) is 51.4. The van der Waals surface area contributed by atoms with Crippen LogP contribution in [0.2, 0.25) is 0 Å². The molecule has 0 saturated heterocycles. The lowest BCUT2D eigenvalue weighted by molar-refractivity contribution is -0.143. The van der Waals surface area contributed by atoms with Gasteiger partial charge in [0.15, 0.2) is 0 Å². The van der Waals surface area contributed by atoms with Gasteiger partial charge in [-0.2, -0.15) is 0 Å². The maximum atomic E-state index is 14.6. The lowest BCUT2D eigenvalue weighted by atomic mass is 9.96. The van der Waals surface area contributed by atoms with Gasteiger partial charge in [0, 0.05) is 19.3 Å². The molecule has 0 saturated carbocycles. The molecule has 0 unspecified atom stereocenters. The smallest absolute Gasteiger partial charge is 0.326 e. The van der Waals surface area contributed by atoms with Crippen LogP contribution >= 0.6 is 0 Å². The molecular formula is C74H128N16O18. The van der Waals surface area contributed by atoms with Gasteiger partial charge in [-0.1, -0.05) is 149 Å². The first-order valence-electron chi connectivity index (χ1n) is 38.4. The fourth-order valence-corrected chi connectivity index (χ4v) is 11.5. The Morgan fingerprint density at radius 2 is 0.815 bits per heavy atom. The van der Waals surface area contributed by atoms with Crippen molar-refractivity contribution >= 4 is 88.7 Å². The van der Waals surface area contributed by atoms with Crippen molar-refractivity contribution in [1.29, 1.82) is 0 Å². The zero-order chi connectivity index (χ0) is 81.1. The van der Waals surface area contributed by atoms with Gasteiger partial charge in [-0.15, -0.1) is 0 Å². The molecular weight excluding hydrogens is 1400 g/mol. The van der Waals surface area contributed by atoms with Crippen molar-refractivity contribution in [2.75, 3.05) is 39.3 Å². The van der Waals surface area contributed by atoms with E-state index in [1.807, 2.05) is 0 Å². The van der Waals surface area contributed by atoms with Crippen LogP contribution in [-0.4, -0.2) is 204 Å². The van der Waals surface area contributed by atoms with Crippen LogP contribution in [0.3, 0.4) is 0 Å². The van der Waals surface area contributed by atoms with Crippen molar-refractivity contribution in [1.82, 2.24) is 63.8 Å². The Bertz CT molecular complexity index is 2960. The number of nitrogens with two attached hydrogens (primary N) is 4. The molecule has 13 amide bonds. The summed E-state index contributed by atoms with van der Waals surface area (Å²) < 4.78 is 0. The summed E-state index contributed by atoms with van der Waals surface area (Å²) in [6, 6.07) is -6.28. The predicted octanol–water partition coefficient (Wildman–Crippen LogP) is -0.0371. The van der Waals surface area contributed by atoms with Crippen molar-refractivity contribution in [2.24, 2.45) is 40.7 Å². The number of rotatable bonds is 61. The summed E-state index contributed by atoms with van der Waals surface area (Å²) in [5, 5.41) is 59.8. The van der Waals surface area contributed by atoms with E-state index in [9.17, 15) is 82.1 Å². The van der Waals surface area contributed by atoms with Gasteiger partial charge in [-0.3, -0.25) is 67.1 Å². The lowest BCUT2D eigenvalue weighted by Gasteiger charge is -2.30. The molecule has 0 radical (unpaired) electrons. The van der Waals surface area contributed by atoms with Crippen LogP contribution in [0, 0.1) is 17.8 Å². The van der Waals surface area contributed by atoms with Crippen LogP contribution in [0.1, 0.15) is 221 Å². The number of benzene rings is 1. The number of unbranched alkanes of at least 4 members (excludes halogenated alkanes) is 13. The Morgan fingerprint density at radius 1 is 0.398 bits per heavy atom. The van der Waals surface area contributed by atoms with Crippen molar-refractivity contribution in [3.05, 3.63) is 35.9 Å². The normalized spacial score (nSPS) is 14.2. The van der Waals surface area contributed by atoms with Crippen molar-refractivity contribution in [2.45, 2.75) is 282 Å². The summed E-state index contributed by atoms with van der Waals surface area (Å²) in [4.78, 5) is 202. The first-order valence-corrected chi connectivity index (χ1v) is 38.4. The lowest BCUT2D eigenvalue weighted by Crippen LogP contribution is -2.62. The van der Waals surface area contributed by atoms with Crippen LogP contribution in [-0.2, 0) is 78.3 Å². The molecule has 0 spiro atoms. The number of amides is 13. The van der Waals surface area contributed by atoms with Crippen LogP contribution in [0.25, 0.3) is 0 Å². The number of carbonyl (C=O) groups is 15. The van der Waals surface area contributed by atoms with E-state index in [0.29, 0.717) is 44.2 Å². The number of hydrogen-bond donors (Lipinski definition) is 19. The third kappa shape index (κ3) is 42.0. The minimum absolute atomic E-state index is 0.00817. The SMILES string of the molecule is CCCCCCCCCCCCCC(=O)NCC(=O)N[C@@H](CCCCN)C(=O)N[C@H](C(=O)N[C@@H](CC(C)C)C(=O)N[C@@H](CO)C(=O)N[C@@H](CCCCN)C(=O)N[C@H](C(=O)N[C@@H](Cc1ccccc1)C(=O)NCC(=O)N[C@@H](CC(N)=O)C(=O)N[C@@H](CCCCN)C(=O)N[C@@H](CCC(=O)O)C(=O)O)[C@@H](C)CC)C(C)C. The van der Waals surface area contributed by atoms with Crippen molar-refractivity contribution in [3.8, 4) is 0 Å². The molecule has 11 atom stereocenters. The molecule has 1 aromatic rings. The highest BCUT2D eigenvalue weighted by atomic mass is 16.4. The van der Waals surface area contributed by atoms with Gasteiger partial charge in [0.1, 0.15) is 60.4 Å². The second-order valence-corrected chi connectivity index (χ2v) is 28.3. The summed E-state index contributed by atoms with van der Waals surface area (Å²) >= 11 is 0.